The number of hydrogen-bond acceptors (Lipinski definition) is 3. The van der Waals surface area contributed by atoms with Crippen molar-refractivity contribution < 1.29 is 13.2 Å². The van der Waals surface area contributed by atoms with Gasteiger partial charge in [0.05, 0.1) is 17.7 Å². The van der Waals surface area contributed by atoms with Crippen molar-refractivity contribution in [3.63, 3.8) is 0 Å². The van der Waals surface area contributed by atoms with Gasteiger partial charge in [0.25, 0.3) is 0 Å². The summed E-state index contributed by atoms with van der Waals surface area (Å²) in [5.41, 5.74) is 0. The minimum absolute atomic E-state index is 0.191. The number of alkyl halides is 1. The minimum atomic E-state index is -3.14. The highest BCUT2D eigenvalue weighted by Gasteiger charge is 2.19. The summed E-state index contributed by atoms with van der Waals surface area (Å²) in [5.74, 6) is 0.191. The van der Waals surface area contributed by atoms with Gasteiger partial charge in [-0.15, -0.1) is 11.6 Å². The summed E-state index contributed by atoms with van der Waals surface area (Å²) in [5, 5.41) is -0.295. The van der Waals surface area contributed by atoms with Crippen LogP contribution in [0, 0.1) is 0 Å². The summed E-state index contributed by atoms with van der Waals surface area (Å²) in [4.78, 5) is 0. The normalized spacial score (nSPS) is 14.5. The molecule has 6 heteroatoms. The maximum atomic E-state index is 11.7. The summed E-state index contributed by atoms with van der Waals surface area (Å²) in [6.07, 6.45) is 1.55. The number of hydrogen-bond donors (Lipinski definition) is 0. The molecule has 92 valence electrons. The van der Waals surface area contributed by atoms with E-state index in [1.165, 1.54) is 4.31 Å². The fourth-order valence-electron chi connectivity index (χ4n) is 1.11. The third-order valence-electron chi connectivity index (χ3n) is 2.03. The lowest BCUT2D eigenvalue weighted by Crippen LogP contribution is -2.35. The SMILES string of the molecule is CCCCS(=O)(=O)N(C)CC(Cl)COC. The van der Waals surface area contributed by atoms with Crippen LogP contribution in [0.2, 0.25) is 0 Å². The molecule has 0 rings (SSSR count). The second kappa shape index (κ2) is 7.44. The number of unbranched alkanes of at least 4 members (excludes halogenated alkanes) is 1. The predicted octanol–water partition coefficient (Wildman–Crippen LogP) is 1.30. The zero-order chi connectivity index (χ0) is 11.9. The molecular weight excluding hydrogens is 238 g/mol. The van der Waals surface area contributed by atoms with E-state index in [4.69, 9.17) is 16.3 Å². The highest BCUT2D eigenvalue weighted by Crippen LogP contribution is 2.06. The van der Waals surface area contributed by atoms with E-state index >= 15 is 0 Å². The smallest absolute Gasteiger partial charge is 0.213 e. The maximum Gasteiger partial charge on any atom is 0.213 e. The average Bonchev–Trinajstić information content (AvgIpc) is 2.15. The Labute approximate surface area is 97.6 Å². The maximum absolute atomic E-state index is 11.7. The summed E-state index contributed by atoms with van der Waals surface area (Å²) >= 11 is 5.88. The first-order chi connectivity index (χ1) is 6.94. The van der Waals surface area contributed by atoms with E-state index < -0.39 is 10.0 Å². The number of halogens is 1. The Bertz CT molecular complexity index is 256. The van der Waals surface area contributed by atoms with Gasteiger partial charge in [0.2, 0.25) is 10.0 Å². The first-order valence-electron chi connectivity index (χ1n) is 5.01. The molecule has 0 fully saturated rings. The lowest BCUT2D eigenvalue weighted by Gasteiger charge is -2.19. The third kappa shape index (κ3) is 6.35. The topological polar surface area (TPSA) is 46.6 Å². The van der Waals surface area contributed by atoms with E-state index in [0.717, 1.165) is 6.42 Å². The third-order valence-corrected chi connectivity index (χ3v) is 4.20. The summed E-state index contributed by atoms with van der Waals surface area (Å²) < 4.78 is 29.5. The highest BCUT2D eigenvalue weighted by atomic mass is 35.5. The van der Waals surface area contributed by atoms with Crippen molar-refractivity contribution in [1.29, 1.82) is 0 Å². The zero-order valence-corrected chi connectivity index (χ0v) is 11.1. The molecule has 15 heavy (non-hydrogen) atoms. The average molecular weight is 258 g/mol. The molecular formula is C9H20ClNO3S. The van der Waals surface area contributed by atoms with Crippen molar-refractivity contribution in [3.05, 3.63) is 0 Å². The monoisotopic (exact) mass is 257 g/mol. The molecule has 0 aromatic carbocycles. The van der Waals surface area contributed by atoms with E-state index in [1.54, 1.807) is 14.2 Å². The molecule has 0 aliphatic carbocycles. The molecule has 0 heterocycles. The molecule has 0 aromatic heterocycles. The molecule has 0 spiro atoms. The molecule has 0 bridgehead atoms. The van der Waals surface area contributed by atoms with Crippen LogP contribution in [0.3, 0.4) is 0 Å². The highest BCUT2D eigenvalue weighted by molar-refractivity contribution is 7.89. The minimum Gasteiger partial charge on any atom is -0.383 e. The van der Waals surface area contributed by atoms with Crippen LogP contribution < -0.4 is 0 Å². The Balaban J connectivity index is 4.12. The van der Waals surface area contributed by atoms with Gasteiger partial charge < -0.3 is 4.74 Å². The van der Waals surface area contributed by atoms with Crippen LogP contribution in [0.1, 0.15) is 19.8 Å². The van der Waals surface area contributed by atoms with Crippen LogP contribution in [0.5, 0.6) is 0 Å². The van der Waals surface area contributed by atoms with Crippen LogP contribution in [0.15, 0.2) is 0 Å². The van der Waals surface area contributed by atoms with Gasteiger partial charge in [-0.05, 0) is 6.42 Å². The molecule has 4 nitrogen and oxygen atoms in total. The van der Waals surface area contributed by atoms with E-state index in [2.05, 4.69) is 0 Å². The second-order valence-corrected chi connectivity index (χ2v) is 6.32. The lowest BCUT2D eigenvalue weighted by molar-refractivity contribution is 0.192. The van der Waals surface area contributed by atoms with Crippen LogP contribution in [-0.4, -0.2) is 51.2 Å². The summed E-state index contributed by atoms with van der Waals surface area (Å²) in [6.45, 7) is 2.61. The summed E-state index contributed by atoms with van der Waals surface area (Å²) in [6, 6.07) is 0. The molecule has 0 radical (unpaired) electrons. The van der Waals surface area contributed by atoms with Crippen molar-refractivity contribution in [2.75, 3.05) is 33.1 Å². The quantitative estimate of drug-likeness (QED) is 0.616. The van der Waals surface area contributed by atoms with Crippen LogP contribution in [0.4, 0.5) is 0 Å². The van der Waals surface area contributed by atoms with Gasteiger partial charge >= 0.3 is 0 Å². The molecule has 0 saturated carbocycles. The van der Waals surface area contributed by atoms with Crippen molar-refractivity contribution in [3.8, 4) is 0 Å². The van der Waals surface area contributed by atoms with Gasteiger partial charge in [-0.1, -0.05) is 13.3 Å². The standard InChI is InChI=1S/C9H20ClNO3S/c1-4-5-6-15(12,13)11(2)7-9(10)8-14-3/h9H,4-8H2,1-3H3. The van der Waals surface area contributed by atoms with Crippen molar-refractivity contribution in [2.24, 2.45) is 0 Å². The van der Waals surface area contributed by atoms with Gasteiger partial charge in [0, 0.05) is 20.7 Å². The molecule has 0 aromatic rings. The molecule has 1 atom stereocenters. The second-order valence-electron chi connectivity index (χ2n) is 3.50. The van der Waals surface area contributed by atoms with E-state index in [1.807, 2.05) is 6.92 Å². The largest absolute Gasteiger partial charge is 0.383 e. The van der Waals surface area contributed by atoms with Gasteiger partial charge in [-0.3, -0.25) is 0 Å². The zero-order valence-electron chi connectivity index (χ0n) is 9.57. The Kier molecular flexibility index (Phi) is 7.52. The molecule has 0 amide bonds. The molecule has 0 saturated heterocycles. The molecule has 0 N–H and O–H groups in total. The number of sulfonamides is 1. The fourth-order valence-corrected chi connectivity index (χ4v) is 2.90. The molecule has 0 aliphatic heterocycles. The van der Waals surface area contributed by atoms with Gasteiger partial charge in [0.1, 0.15) is 0 Å². The number of ether oxygens (including phenoxy) is 1. The predicted molar refractivity (Wildman–Crippen MR) is 62.8 cm³/mol. The fraction of sp³-hybridized carbons (Fsp3) is 1.00. The van der Waals surface area contributed by atoms with Gasteiger partial charge in [-0.2, -0.15) is 0 Å². The molecule has 0 aliphatic rings. The van der Waals surface area contributed by atoms with Crippen molar-refractivity contribution in [1.82, 2.24) is 4.31 Å². The Morgan fingerprint density at radius 1 is 1.47 bits per heavy atom. The number of rotatable bonds is 8. The van der Waals surface area contributed by atoms with Gasteiger partial charge in [0.15, 0.2) is 0 Å². The molecule has 1 unspecified atom stereocenters. The van der Waals surface area contributed by atoms with Crippen LogP contribution >= 0.6 is 11.6 Å². The number of nitrogens with zero attached hydrogens (tertiary/aromatic N) is 1. The summed E-state index contributed by atoms with van der Waals surface area (Å²) in [7, 11) is -0.0482. The van der Waals surface area contributed by atoms with E-state index in [9.17, 15) is 8.42 Å². The van der Waals surface area contributed by atoms with E-state index in [-0.39, 0.29) is 11.1 Å². The Hall–Kier alpha value is 0.160. The first-order valence-corrected chi connectivity index (χ1v) is 7.05. The number of methoxy groups -OCH3 is 1. The van der Waals surface area contributed by atoms with E-state index in [0.29, 0.717) is 19.6 Å². The van der Waals surface area contributed by atoms with Crippen molar-refractivity contribution in [2.45, 2.75) is 25.1 Å². The van der Waals surface area contributed by atoms with Crippen molar-refractivity contribution >= 4 is 21.6 Å². The van der Waals surface area contributed by atoms with Crippen LogP contribution in [0.25, 0.3) is 0 Å². The Morgan fingerprint density at radius 2 is 2.07 bits per heavy atom. The van der Waals surface area contributed by atoms with Crippen LogP contribution in [-0.2, 0) is 14.8 Å². The lowest BCUT2D eigenvalue weighted by atomic mass is 10.4. The first kappa shape index (κ1) is 15.2. The Morgan fingerprint density at radius 3 is 2.53 bits per heavy atom. The van der Waals surface area contributed by atoms with Gasteiger partial charge in [-0.25, -0.2) is 12.7 Å².